The van der Waals surface area contributed by atoms with Gasteiger partial charge in [-0.05, 0) is 61.1 Å². The van der Waals surface area contributed by atoms with Gasteiger partial charge in [-0.15, -0.1) is 0 Å². The van der Waals surface area contributed by atoms with Gasteiger partial charge in [0.05, 0.1) is 13.2 Å². The highest BCUT2D eigenvalue weighted by Crippen LogP contribution is 2.69. The van der Waals surface area contributed by atoms with E-state index in [2.05, 4.69) is 52.0 Å². The zero-order valence-electron chi connectivity index (χ0n) is 22.0. The number of ketones is 1. The number of ether oxygens (including phenoxy) is 2. The summed E-state index contributed by atoms with van der Waals surface area (Å²) in [5.74, 6) is 0.876. The summed E-state index contributed by atoms with van der Waals surface area (Å²) in [6.45, 7) is 10.6. The largest absolute Gasteiger partial charge is 0.349 e. The fourth-order valence-corrected chi connectivity index (χ4v) is 8.88. The summed E-state index contributed by atoms with van der Waals surface area (Å²) in [4.78, 5) is 13.2. The molecule has 0 aromatic heterocycles. The molecule has 1 saturated heterocycles. The van der Waals surface area contributed by atoms with E-state index in [1.54, 1.807) is 16.7 Å². The normalized spacial score (nSPS) is 38.4. The smallest absolute Gasteiger partial charge is 0.172 e. The predicted octanol–water partition coefficient (Wildman–Crippen LogP) is 6.84. The van der Waals surface area contributed by atoms with Crippen molar-refractivity contribution in [3.05, 3.63) is 57.7 Å². The van der Waals surface area contributed by atoms with E-state index < -0.39 is 5.79 Å². The third-order valence-corrected chi connectivity index (χ3v) is 10.8. The number of carbonyl (C=O) groups excluding carboxylic acids is 1. The van der Waals surface area contributed by atoms with Crippen molar-refractivity contribution in [2.45, 2.75) is 97.2 Å². The maximum Gasteiger partial charge on any atom is 0.172 e. The summed E-state index contributed by atoms with van der Waals surface area (Å²) < 4.78 is 13.0. The van der Waals surface area contributed by atoms with Gasteiger partial charge in [0.25, 0.3) is 0 Å². The Morgan fingerprint density at radius 3 is 2.63 bits per heavy atom. The Hall–Kier alpha value is -1.71. The summed E-state index contributed by atoms with van der Waals surface area (Å²) in [6.07, 6.45) is 11.5. The van der Waals surface area contributed by atoms with Crippen molar-refractivity contribution in [1.82, 2.24) is 0 Å². The number of carbonyl (C=O) groups is 1. The molecule has 0 N–H and O–H groups in total. The van der Waals surface area contributed by atoms with Gasteiger partial charge in [0, 0.05) is 41.4 Å². The summed E-state index contributed by atoms with van der Waals surface area (Å²) >= 11 is 0. The van der Waals surface area contributed by atoms with Crippen LogP contribution in [0, 0.1) is 22.2 Å². The lowest BCUT2D eigenvalue weighted by Gasteiger charge is -2.59. The van der Waals surface area contributed by atoms with Crippen LogP contribution < -0.4 is 0 Å². The SMILES string of the molecule is CCc1ccc2c(c1)C[C@]13CCC4(CC1=CCC1=C3C2C[C@]2(C)C(=O)CC[C@@H]12)OCC(C)(C)CO4. The Balaban J connectivity index is 1.36. The molecule has 7 rings (SSSR count). The van der Waals surface area contributed by atoms with Crippen molar-refractivity contribution in [2.75, 3.05) is 13.2 Å². The van der Waals surface area contributed by atoms with Crippen LogP contribution in [0.2, 0.25) is 0 Å². The van der Waals surface area contributed by atoms with E-state index in [4.69, 9.17) is 9.47 Å². The van der Waals surface area contributed by atoms with Crippen molar-refractivity contribution >= 4 is 5.78 Å². The molecular weight excluding hydrogens is 432 g/mol. The number of Topliss-reactive ketones (excluding diaryl/α,β-unsaturated/α-hetero) is 1. The van der Waals surface area contributed by atoms with E-state index in [0.717, 1.165) is 71.0 Å². The molecule has 0 bridgehead atoms. The molecule has 3 fully saturated rings. The predicted molar refractivity (Wildman–Crippen MR) is 137 cm³/mol. The lowest BCUT2D eigenvalue weighted by molar-refractivity contribution is -0.308. The minimum atomic E-state index is -0.446. The molecular formula is C32H40O3. The molecule has 0 radical (unpaired) electrons. The van der Waals surface area contributed by atoms with Gasteiger partial charge in [-0.25, -0.2) is 0 Å². The van der Waals surface area contributed by atoms with Crippen molar-refractivity contribution in [2.24, 2.45) is 22.2 Å². The van der Waals surface area contributed by atoms with Gasteiger partial charge in [-0.1, -0.05) is 68.7 Å². The maximum atomic E-state index is 13.2. The van der Waals surface area contributed by atoms with E-state index in [-0.39, 0.29) is 16.2 Å². The monoisotopic (exact) mass is 472 g/mol. The Bertz CT molecular complexity index is 1180. The highest BCUT2D eigenvalue weighted by Gasteiger charge is 2.61. The van der Waals surface area contributed by atoms with Gasteiger partial charge in [-0.3, -0.25) is 4.79 Å². The molecule has 1 heterocycles. The van der Waals surface area contributed by atoms with Crippen LogP contribution in [-0.4, -0.2) is 24.8 Å². The molecule has 1 unspecified atom stereocenters. The number of rotatable bonds is 1. The fraction of sp³-hybridized carbons (Fsp3) is 0.656. The molecule has 1 aromatic carbocycles. The van der Waals surface area contributed by atoms with E-state index in [1.807, 2.05) is 0 Å². The van der Waals surface area contributed by atoms with Gasteiger partial charge in [-0.2, -0.15) is 0 Å². The van der Waals surface area contributed by atoms with E-state index in [9.17, 15) is 4.79 Å². The zero-order chi connectivity index (χ0) is 24.2. The highest BCUT2D eigenvalue weighted by molar-refractivity contribution is 5.88. The number of fused-ring (bicyclic) bond motifs is 4. The van der Waals surface area contributed by atoms with E-state index >= 15 is 0 Å². The molecule has 2 saturated carbocycles. The number of benzene rings is 1. The van der Waals surface area contributed by atoms with E-state index in [0.29, 0.717) is 17.6 Å². The van der Waals surface area contributed by atoms with Crippen LogP contribution in [0.1, 0.15) is 95.2 Å². The minimum Gasteiger partial charge on any atom is -0.349 e. The van der Waals surface area contributed by atoms with Crippen LogP contribution in [0.4, 0.5) is 0 Å². The number of hydrogen-bond acceptors (Lipinski definition) is 3. The molecule has 186 valence electrons. The van der Waals surface area contributed by atoms with Crippen LogP contribution in [0.5, 0.6) is 0 Å². The second kappa shape index (κ2) is 7.19. The molecule has 3 heteroatoms. The molecule has 6 aliphatic rings. The number of aryl methyl sites for hydroxylation is 1. The molecule has 2 spiro atoms. The molecule has 35 heavy (non-hydrogen) atoms. The lowest BCUT2D eigenvalue weighted by Crippen LogP contribution is -2.55. The molecule has 5 aliphatic carbocycles. The third kappa shape index (κ3) is 3.01. The van der Waals surface area contributed by atoms with Crippen LogP contribution in [0.15, 0.2) is 41.0 Å². The van der Waals surface area contributed by atoms with Crippen molar-refractivity contribution in [3.63, 3.8) is 0 Å². The quantitative estimate of drug-likeness (QED) is 0.420. The summed E-state index contributed by atoms with van der Waals surface area (Å²) in [7, 11) is 0. The van der Waals surface area contributed by atoms with Gasteiger partial charge >= 0.3 is 0 Å². The second-order valence-corrected chi connectivity index (χ2v) is 13.5. The standard InChI is InChI=1S/C32H40O3/c1-5-20-6-8-23-21(14-20)15-31-12-13-32(34-18-29(2,3)19-35-32)16-22(31)7-9-24-26-10-11-27(33)30(26,4)17-25(23)28(24)31/h6-8,14,25-26H,5,9-13,15-19H2,1-4H3/t25?,26-,30-,31+/m0/s1. The molecule has 1 aromatic rings. The first-order chi connectivity index (χ1) is 16.7. The first kappa shape index (κ1) is 22.5. The third-order valence-electron chi connectivity index (χ3n) is 10.8. The molecule has 0 amide bonds. The van der Waals surface area contributed by atoms with Crippen molar-refractivity contribution in [1.29, 1.82) is 0 Å². The number of hydrogen-bond donors (Lipinski definition) is 0. The maximum absolute atomic E-state index is 13.2. The Labute approximate surface area is 210 Å². The van der Waals surface area contributed by atoms with Gasteiger partial charge in [0.1, 0.15) is 5.78 Å². The van der Waals surface area contributed by atoms with Crippen LogP contribution in [-0.2, 0) is 27.1 Å². The molecule has 4 atom stereocenters. The second-order valence-electron chi connectivity index (χ2n) is 13.5. The molecule has 3 nitrogen and oxygen atoms in total. The summed E-state index contributed by atoms with van der Waals surface area (Å²) in [5.41, 5.74) is 9.37. The van der Waals surface area contributed by atoms with Gasteiger partial charge in [0.2, 0.25) is 0 Å². The Morgan fingerprint density at radius 1 is 1.06 bits per heavy atom. The van der Waals surface area contributed by atoms with Crippen molar-refractivity contribution in [3.8, 4) is 0 Å². The topological polar surface area (TPSA) is 35.5 Å². The lowest BCUT2D eigenvalue weighted by atomic mass is 9.46. The van der Waals surface area contributed by atoms with Gasteiger partial charge in [0.15, 0.2) is 5.79 Å². The summed E-state index contributed by atoms with van der Waals surface area (Å²) in [5, 5.41) is 0. The zero-order valence-corrected chi connectivity index (χ0v) is 22.0. The average molecular weight is 473 g/mol. The first-order valence-corrected chi connectivity index (χ1v) is 14.0. The van der Waals surface area contributed by atoms with Crippen molar-refractivity contribution < 1.29 is 14.3 Å². The average Bonchev–Trinajstić information content (AvgIpc) is 3.15. The van der Waals surface area contributed by atoms with Gasteiger partial charge < -0.3 is 9.47 Å². The summed E-state index contributed by atoms with van der Waals surface area (Å²) in [6, 6.07) is 7.23. The number of allylic oxidation sites excluding steroid dienone is 3. The highest BCUT2D eigenvalue weighted by atomic mass is 16.7. The van der Waals surface area contributed by atoms with Crippen LogP contribution >= 0.6 is 0 Å². The minimum absolute atomic E-state index is 0.0886. The Morgan fingerprint density at radius 2 is 1.86 bits per heavy atom. The fourth-order valence-electron chi connectivity index (χ4n) is 8.88. The van der Waals surface area contributed by atoms with Crippen LogP contribution in [0.3, 0.4) is 0 Å². The van der Waals surface area contributed by atoms with E-state index in [1.165, 1.54) is 16.7 Å². The first-order valence-electron chi connectivity index (χ1n) is 14.0. The Kier molecular flexibility index (Phi) is 4.62. The van der Waals surface area contributed by atoms with Crippen LogP contribution in [0.25, 0.3) is 0 Å². The molecule has 1 aliphatic heterocycles.